The van der Waals surface area contributed by atoms with Gasteiger partial charge >= 0.3 is 0 Å². The van der Waals surface area contributed by atoms with Crippen molar-refractivity contribution in [3.05, 3.63) is 58.6 Å². The van der Waals surface area contributed by atoms with E-state index in [-0.39, 0.29) is 17.7 Å². The lowest BCUT2D eigenvalue weighted by molar-refractivity contribution is -0.121. The van der Waals surface area contributed by atoms with Crippen molar-refractivity contribution in [3.63, 3.8) is 0 Å². The lowest BCUT2D eigenvalue weighted by Crippen LogP contribution is -2.41. The van der Waals surface area contributed by atoms with Crippen molar-refractivity contribution in [1.82, 2.24) is 4.90 Å². The zero-order valence-corrected chi connectivity index (χ0v) is 16.9. The van der Waals surface area contributed by atoms with Crippen molar-refractivity contribution in [2.75, 3.05) is 25.0 Å². The average molecular weight is 431 g/mol. The summed E-state index contributed by atoms with van der Waals surface area (Å²) in [6, 6.07) is 14.7. The van der Waals surface area contributed by atoms with Crippen molar-refractivity contribution in [3.8, 4) is 5.75 Å². The van der Waals surface area contributed by atoms with Crippen LogP contribution in [0.5, 0.6) is 5.75 Å². The van der Waals surface area contributed by atoms with Gasteiger partial charge in [0.15, 0.2) is 0 Å². The molecule has 27 heavy (non-hydrogen) atoms. The molecule has 0 saturated carbocycles. The Morgan fingerprint density at radius 1 is 1.07 bits per heavy atom. The second-order valence-corrected chi connectivity index (χ2v) is 7.44. The highest BCUT2D eigenvalue weighted by Crippen LogP contribution is 2.22. The predicted molar refractivity (Wildman–Crippen MR) is 109 cm³/mol. The Morgan fingerprint density at radius 2 is 1.70 bits per heavy atom. The van der Waals surface area contributed by atoms with Gasteiger partial charge in [-0.1, -0.05) is 15.9 Å². The summed E-state index contributed by atoms with van der Waals surface area (Å²) in [5.74, 6) is 0.739. The van der Waals surface area contributed by atoms with Gasteiger partial charge in [0.25, 0.3) is 5.91 Å². The third-order valence-corrected chi connectivity index (χ3v) is 5.21. The zero-order chi connectivity index (χ0) is 19.2. The molecule has 5 nitrogen and oxygen atoms in total. The Kier molecular flexibility index (Phi) is 6.50. The lowest BCUT2D eigenvalue weighted by atomic mass is 9.95. The number of hydrogen-bond donors (Lipinski definition) is 1. The first-order chi connectivity index (χ1) is 13.1. The third-order valence-electron chi connectivity index (χ3n) is 4.68. The molecular weight excluding hydrogens is 408 g/mol. The largest absolute Gasteiger partial charge is 0.494 e. The minimum atomic E-state index is -0.0782. The number of nitrogens with one attached hydrogen (secondary N) is 1. The summed E-state index contributed by atoms with van der Waals surface area (Å²) in [5, 5.41) is 2.96. The van der Waals surface area contributed by atoms with Crippen molar-refractivity contribution >= 4 is 33.4 Å². The number of hydrogen-bond acceptors (Lipinski definition) is 3. The van der Waals surface area contributed by atoms with Crippen LogP contribution in [0, 0.1) is 5.92 Å². The Hall–Kier alpha value is -2.34. The minimum Gasteiger partial charge on any atom is -0.494 e. The van der Waals surface area contributed by atoms with E-state index < -0.39 is 0 Å². The molecule has 0 bridgehead atoms. The number of rotatable bonds is 5. The van der Waals surface area contributed by atoms with Gasteiger partial charge < -0.3 is 15.0 Å². The standard InChI is InChI=1S/C21H23BrN2O3/c1-2-27-19-9-7-18(8-10-19)23-20(25)15-11-13-24(14-12-15)21(26)16-3-5-17(22)6-4-16/h3-10,15H,2,11-14H2,1H3,(H,23,25). The van der Waals surface area contributed by atoms with E-state index in [4.69, 9.17) is 4.74 Å². The first-order valence-corrected chi connectivity index (χ1v) is 9.94. The van der Waals surface area contributed by atoms with Crippen LogP contribution in [0.3, 0.4) is 0 Å². The van der Waals surface area contributed by atoms with Gasteiger partial charge in [-0.05, 0) is 68.3 Å². The van der Waals surface area contributed by atoms with Gasteiger partial charge in [-0.25, -0.2) is 0 Å². The third kappa shape index (κ3) is 5.10. The highest BCUT2D eigenvalue weighted by molar-refractivity contribution is 9.10. The first kappa shape index (κ1) is 19.4. The van der Waals surface area contributed by atoms with Gasteiger partial charge in [0, 0.05) is 34.7 Å². The second kappa shape index (κ2) is 9.04. The van der Waals surface area contributed by atoms with Crippen LogP contribution in [0.4, 0.5) is 5.69 Å². The molecule has 1 heterocycles. The smallest absolute Gasteiger partial charge is 0.253 e. The number of anilines is 1. The molecule has 2 amide bonds. The molecular formula is C21H23BrN2O3. The summed E-state index contributed by atoms with van der Waals surface area (Å²) in [7, 11) is 0. The van der Waals surface area contributed by atoms with Gasteiger partial charge in [0.1, 0.15) is 5.75 Å². The Labute approximate surface area is 167 Å². The molecule has 0 aliphatic carbocycles. The van der Waals surface area contributed by atoms with Crippen LogP contribution in [0.25, 0.3) is 0 Å². The highest BCUT2D eigenvalue weighted by atomic mass is 79.9. The maximum atomic E-state index is 12.6. The summed E-state index contributed by atoms with van der Waals surface area (Å²) >= 11 is 3.38. The summed E-state index contributed by atoms with van der Waals surface area (Å²) < 4.78 is 6.35. The van der Waals surface area contributed by atoms with Crippen LogP contribution in [0.1, 0.15) is 30.1 Å². The van der Waals surface area contributed by atoms with E-state index in [1.165, 1.54) is 0 Å². The summed E-state index contributed by atoms with van der Waals surface area (Å²) in [6.07, 6.45) is 1.34. The molecule has 0 atom stereocenters. The minimum absolute atomic E-state index is 0.00917. The number of amides is 2. The zero-order valence-electron chi connectivity index (χ0n) is 15.3. The number of carbonyl (C=O) groups is 2. The van der Waals surface area contributed by atoms with Gasteiger partial charge in [0.2, 0.25) is 5.91 Å². The predicted octanol–water partition coefficient (Wildman–Crippen LogP) is 4.34. The van der Waals surface area contributed by atoms with Gasteiger partial charge in [-0.15, -0.1) is 0 Å². The molecule has 0 radical (unpaired) electrons. The maximum absolute atomic E-state index is 12.6. The fourth-order valence-corrected chi connectivity index (χ4v) is 3.43. The SMILES string of the molecule is CCOc1ccc(NC(=O)C2CCN(C(=O)c3ccc(Br)cc3)CC2)cc1. The molecule has 1 fully saturated rings. The fraction of sp³-hybridized carbons (Fsp3) is 0.333. The van der Waals surface area contributed by atoms with Crippen LogP contribution in [-0.4, -0.2) is 36.4 Å². The molecule has 0 unspecified atom stereocenters. The Balaban J connectivity index is 1.51. The first-order valence-electron chi connectivity index (χ1n) is 9.15. The van der Waals surface area contributed by atoms with E-state index in [2.05, 4.69) is 21.2 Å². The van der Waals surface area contributed by atoms with Crippen LogP contribution in [0.2, 0.25) is 0 Å². The van der Waals surface area contributed by atoms with E-state index in [9.17, 15) is 9.59 Å². The number of halogens is 1. The molecule has 3 rings (SSSR count). The van der Waals surface area contributed by atoms with Crippen LogP contribution < -0.4 is 10.1 Å². The lowest BCUT2D eigenvalue weighted by Gasteiger charge is -2.31. The molecule has 142 valence electrons. The second-order valence-electron chi connectivity index (χ2n) is 6.52. The Bertz CT molecular complexity index is 782. The molecule has 2 aromatic rings. The van der Waals surface area contributed by atoms with Gasteiger partial charge in [-0.3, -0.25) is 9.59 Å². The number of carbonyl (C=O) groups excluding carboxylic acids is 2. The van der Waals surface area contributed by atoms with Crippen molar-refractivity contribution < 1.29 is 14.3 Å². The van der Waals surface area contributed by atoms with E-state index >= 15 is 0 Å². The number of piperidine rings is 1. The van der Waals surface area contributed by atoms with Crippen molar-refractivity contribution in [2.45, 2.75) is 19.8 Å². The van der Waals surface area contributed by atoms with E-state index in [0.29, 0.717) is 38.1 Å². The summed E-state index contributed by atoms with van der Waals surface area (Å²) in [4.78, 5) is 26.9. The molecule has 0 spiro atoms. The molecule has 6 heteroatoms. The normalized spacial score (nSPS) is 14.7. The van der Waals surface area contributed by atoms with Crippen molar-refractivity contribution in [2.24, 2.45) is 5.92 Å². The van der Waals surface area contributed by atoms with Crippen LogP contribution in [-0.2, 0) is 4.79 Å². The Morgan fingerprint density at radius 3 is 2.30 bits per heavy atom. The number of likely N-dealkylation sites (tertiary alicyclic amines) is 1. The van der Waals surface area contributed by atoms with Crippen LogP contribution in [0.15, 0.2) is 53.0 Å². The number of nitrogens with zero attached hydrogens (tertiary/aromatic N) is 1. The molecule has 1 N–H and O–H groups in total. The fourth-order valence-electron chi connectivity index (χ4n) is 3.17. The monoisotopic (exact) mass is 430 g/mol. The van der Waals surface area contributed by atoms with Gasteiger partial charge in [0.05, 0.1) is 6.61 Å². The van der Waals surface area contributed by atoms with E-state index in [1.807, 2.05) is 60.4 Å². The summed E-state index contributed by atoms with van der Waals surface area (Å²) in [5.41, 5.74) is 1.44. The highest BCUT2D eigenvalue weighted by Gasteiger charge is 2.27. The number of ether oxygens (including phenoxy) is 1. The summed E-state index contributed by atoms with van der Waals surface area (Å²) in [6.45, 7) is 3.74. The topological polar surface area (TPSA) is 58.6 Å². The van der Waals surface area contributed by atoms with Crippen molar-refractivity contribution in [1.29, 1.82) is 0 Å². The maximum Gasteiger partial charge on any atom is 0.253 e. The molecule has 1 aliphatic rings. The average Bonchev–Trinajstić information content (AvgIpc) is 2.70. The van der Waals surface area contributed by atoms with E-state index in [0.717, 1.165) is 15.9 Å². The molecule has 1 saturated heterocycles. The molecule has 1 aliphatic heterocycles. The van der Waals surface area contributed by atoms with Crippen LogP contribution >= 0.6 is 15.9 Å². The quantitative estimate of drug-likeness (QED) is 0.767. The molecule has 0 aromatic heterocycles. The van der Waals surface area contributed by atoms with E-state index in [1.54, 1.807) is 0 Å². The van der Waals surface area contributed by atoms with Gasteiger partial charge in [-0.2, -0.15) is 0 Å². The molecule has 2 aromatic carbocycles. The number of benzene rings is 2.